The highest BCUT2D eigenvalue weighted by molar-refractivity contribution is 6.09. The summed E-state index contributed by atoms with van der Waals surface area (Å²) in [5, 5.41) is 22.5. The van der Waals surface area contributed by atoms with E-state index in [1.807, 2.05) is 0 Å². The number of imide groups is 1. The molecule has 2 saturated heterocycles. The van der Waals surface area contributed by atoms with E-state index in [1.165, 1.54) is 12.1 Å². The average molecular weight is 479 g/mol. The summed E-state index contributed by atoms with van der Waals surface area (Å²) in [5.41, 5.74) is -1.47. The highest BCUT2D eigenvalue weighted by Gasteiger charge is 2.68. The molecular formula is C22H20F3N3O6. The van der Waals surface area contributed by atoms with Gasteiger partial charge in [-0.05, 0) is 29.8 Å². The minimum atomic E-state index is -4.96. The van der Waals surface area contributed by atoms with Crippen LogP contribution in [0, 0.1) is 11.8 Å². The van der Waals surface area contributed by atoms with Crippen molar-refractivity contribution in [3.63, 3.8) is 0 Å². The number of amides is 2. The van der Waals surface area contributed by atoms with E-state index in [-0.39, 0.29) is 18.5 Å². The van der Waals surface area contributed by atoms with Gasteiger partial charge in [0.25, 0.3) is 0 Å². The maximum Gasteiger partial charge on any atom is 0.573 e. The van der Waals surface area contributed by atoms with Crippen LogP contribution in [-0.2, 0) is 20.8 Å². The van der Waals surface area contributed by atoms with Gasteiger partial charge in [-0.1, -0.05) is 18.2 Å². The number of hydrogen-bond donors (Lipinski definition) is 3. The first-order valence-corrected chi connectivity index (χ1v) is 10.3. The largest absolute Gasteiger partial charge is 0.573 e. The number of carboxylic acid groups (broad SMARTS) is 1. The van der Waals surface area contributed by atoms with Crippen LogP contribution < -0.4 is 10.1 Å². The zero-order valence-electron chi connectivity index (χ0n) is 17.5. The van der Waals surface area contributed by atoms with Crippen LogP contribution in [0.15, 0.2) is 48.7 Å². The highest BCUT2D eigenvalue weighted by atomic mass is 19.4. The second-order valence-corrected chi connectivity index (χ2v) is 8.08. The van der Waals surface area contributed by atoms with E-state index >= 15 is 0 Å². The summed E-state index contributed by atoms with van der Waals surface area (Å²) >= 11 is 0. The predicted molar refractivity (Wildman–Crippen MR) is 108 cm³/mol. The predicted octanol–water partition coefficient (Wildman–Crippen LogP) is 1.28. The number of halogens is 3. The number of fused-ring (bicyclic) bond motifs is 1. The Morgan fingerprint density at radius 1 is 1.18 bits per heavy atom. The summed E-state index contributed by atoms with van der Waals surface area (Å²) < 4.78 is 42.0. The first-order valence-electron chi connectivity index (χ1n) is 10.3. The Balaban J connectivity index is 1.69. The van der Waals surface area contributed by atoms with E-state index in [4.69, 9.17) is 0 Å². The molecule has 2 fully saturated rings. The van der Waals surface area contributed by atoms with Crippen LogP contribution in [0.4, 0.5) is 13.2 Å². The molecule has 34 heavy (non-hydrogen) atoms. The van der Waals surface area contributed by atoms with Crippen LogP contribution >= 0.6 is 0 Å². The molecule has 4 rings (SSSR count). The summed E-state index contributed by atoms with van der Waals surface area (Å²) in [7, 11) is 0. The van der Waals surface area contributed by atoms with Gasteiger partial charge in [0.2, 0.25) is 11.8 Å². The van der Waals surface area contributed by atoms with Crippen molar-refractivity contribution in [3.8, 4) is 5.75 Å². The van der Waals surface area contributed by atoms with Gasteiger partial charge >= 0.3 is 12.3 Å². The number of carbonyl (C=O) groups is 3. The number of carbonyl (C=O) groups excluding carboxylic acids is 2. The number of pyridine rings is 1. The Bertz CT molecular complexity index is 1110. The number of aliphatic carboxylic acids is 1. The lowest BCUT2D eigenvalue weighted by Gasteiger charge is -2.29. The minimum absolute atomic E-state index is 0.0627. The fourth-order valence-corrected chi connectivity index (χ4v) is 4.66. The van der Waals surface area contributed by atoms with Gasteiger partial charge in [-0.2, -0.15) is 0 Å². The normalized spacial score (nSPS) is 26.6. The van der Waals surface area contributed by atoms with Crippen molar-refractivity contribution in [2.75, 3.05) is 13.2 Å². The molecule has 180 valence electrons. The van der Waals surface area contributed by atoms with Gasteiger partial charge < -0.3 is 14.9 Å². The molecule has 1 aromatic heterocycles. The Labute approximate surface area is 191 Å². The van der Waals surface area contributed by atoms with Crippen molar-refractivity contribution in [1.82, 2.24) is 15.2 Å². The molecule has 12 heteroatoms. The summed E-state index contributed by atoms with van der Waals surface area (Å²) in [5.74, 6) is -6.28. The van der Waals surface area contributed by atoms with E-state index in [0.717, 1.165) is 17.0 Å². The highest BCUT2D eigenvalue weighted by Crippen LogP contribution is 2.49. The van der Waals surface area contributed by atoms with Gasteiger partial charge in [-0.3, -0.25) is 29.6 Å². The van der Waals surface area contributed by atoms with Crippen LogP contribution in [0.2, 0.25) is 0 Å². The van der Waals surface area contributed by atoms with Crippen molar-refractivity contribution >= 4 is 17.8 Å². The Morgan fingerprint density at radius 2 is 1.94 bits per heavy atom. The lowest BCUT2D eigenvalue weighted by Crippen LogP contribution is -2.58. The molecule has 2 amide bonds. The van der Waals surface area contributed by atoms with Crippen LogP contribution in [0.25, 0.3) is 0 Å². The van der Waals surface area contributed by atoms with Crippen LogP contribution in [0.1, 0.15) is 17.3 Å². The maximum atomic E-state index is 13.3. The first-order chi connectivity index (χ1) is 16.1. The number of hydrogen-bond acceptors (Lipinski definition) is 7. The lowest BCUT2D eigenvalue weighted by atomic mass is 9.79. The van der Waals surface area contributed by atoms with Gasteiger partial charge in [0.15, 0.2) is 5.54 Å². The molecule has 4 unspecified atom stereocenters. The Kier molecular flexibility index (Phi) is 6.04. The molecule has 0 aliphatic carbocycles. The van der Waals surface area contributed by atoms with Crippen molar-refractivity contribution in [2.24, 2.45) is 11.8 Å². The average Bonchev–Trinajstić information content (AvgIpc) is 3.26. The second kappa shape index (κ2) is 8.69. The molecule has 0 radical (unpaired) electrons. The van der Waals surface area contributed by atoms with Gasteiger partial charge in [-0.25, -0.2) is 0 Å². The number of aliphatic hydroxyl groups is 1. The van der Waals surface area contributed by atoms with Gasteiger partial charge in [0.1, 0.15) is 5.75 Å². The van der Waals surface area contributed by atoms with E-state index in [9.17, 15) is 37.8 Å². The fraction of sp³-hybridized carbons (Fsp3) is 0.364. The number of carboxylic acids is 1. The molecule has 0 saturated carbocycles. The molecule has 3 heterocycles. The summed E-state index contributed by atoms with van der Waals surface area (Å²) in [4.78, 5) is 43.8. The third kappa shape index (κ3) is 4.10. The van der Waals surface area contributed by atoms with Crippen molar-refractivity contribution < 1.29 is 42.5 Å². The first kappa shape index (κ1) is 23.6. The molecule has 2 aromatic rings. The maximum absolute atomic E-state index is 13.3. The minimum Gasteiger partial charge on any atom is -0.480 e. The van der Waals surface area contributed by atoms with Crippen molar-refractivity contribution in [3.05, 3.63) is 59.9 Å². The summed E-state index contributed by atoms with van der Waals surface area (Å²) in [6.45, 7) is -1.07. The van der Waals surface area contributed by atoms with Crippen LogP contribution in [0.3, 0.4) is 0 Å². The molecule has 0 bridgehead atoms. The summed E-state index contributed by atoms with van der Waals surface area (Å²) in [6.07, 6.45) is -3.18. The van der Waals surface area contributed by atoms with Gasteiger partial charge in [-0.15, -0.1) is 13.2 Å². The Hall–Kier alpha value is -3.51. The Morgan fingerprint density at radius 3 is 2.56 bits per heavy atom. The second-order valence-electron chi connectivity index (χ2n) is 8.08. The van der Waals surface area contributed by atoms with E-state index in [1.54, 1.807) is 24.4 Å². The third-order valence-electron chi connectivity index (χ3n) is 6.15. The van der Waals surface area contributed by atoms with Crippen LogP contribution in [0.5, 0.6) is 5.75 Å². The zero-order valence-corrected chi connectivity index (χ0v) is 17.5. The summed E-state index contributed by atoms with van der Waals surface area (Å²) in [6, 6.07) is 8.72. The third-order valence-corrected chi connectivity index (χ3v) is 6.15. The number of nitrogens with zero attached hydrogens (tertiary/aromatic N) is 2. The number of rotatable bonds is 7. The molecule has 3 N–H and O–H groups in total. The standard InChI is InChI=1S/C22H20F3N3O6/c23-22(24,25)34-14-6-3-4-12(10-14)17-15-16(21(11-29,27-17)20(32)33)19(31)28(18(15)30)9-7-13-5-1-2-8-26-13/h1-6,8,10,15-17,27,29H,7,9,11H2,(H,32,33). The quantitative estimate of drug-likeness (QED) is 0.507. The monoisotopic (exact) mass is 479 g/mol. The van der Waals surface area contributed by atoms with Gasteiger partial charge in [0.05, 0.1) is 18.4 Å². The molecule has 0 spiro atoms. The van der Waals surface area contributed by atoms with E-state index in [2.05, 4.69) is 15.0 Å². The number of aliphatic hydroxyl groups excluding tert-OH is 1. The number of aromatic nitrogens is 1. The number of nitrogens with one attached hydrogen (secondary N) is 1. The number of likely N-dealkylation sites (tertiary alicyclic amines) is 1. The number of benzene rings is 1. The molecule has 9 nitrogen and oxygen atoms in total. The zero-order chi connectivity index (χ0) is 24.7. The van der Waals surface area contributed by atoms with E-state index in [0.29, 0.717) is 5.69 Å². The van der Waals surface area contributed by atoms with E-state index < -0.39 is 59.9 Å². The smallest absolute Gasteiger partial charge is 0.480 e. The number of alkyl halides is 3. The van der Waals surface area contributed by atoms with Gasteiger partial charge in [0, 0.05) is 30.9 Å². The SMILES string of the molecule is O=C1C2C(c3cccc(OC(F)(F)F)c3)NC(CO)(C(=O)O)C2C(=O)N1CCc1ccccn1. The lowest BCUT2D eigenvalue weighted by molar-refractivity contribution is -0.274. The molecule has 4 atom stereocenters. The van der Waals surface area contributed by atoms with Crippen LogP contribution in [-0.4, -0.2) is 62.9 Å². The molecule has 2 aliphatic heterocycles. The van der Waals surface area contributed by atoms with Crippen molar-refractivity contribution in [2.45, 2.75) is 24.4 Å². The number of ether oxygens (including phenoxy) is 1. The molecule has 1 aromatic carbocycles. The fourth-order valence-electron chi connectivity index (χ4n) is 4.66. The molecule has 2 aliphatic rings. The molecular weight excluding hydrogens is 459 g/mol. The van der Waals surface area contributed by atoms with Crippen molar-refractivity contribution in [1.29, 1.82) is 0 Å². The topological polar surface area (TPSA) is 129 Å².